The Balaban J connectivity index is 1.77. The molecule has 0 saturated heterocycles. The van der Waals surface area contributed by atoms with Gasteiger partial charge in [0.05, 0.1) is 17.8 Å². The van der Waals surface area contributed by atoms with Gasteiger partial charge in [0.2, 0.25) is 5.88 Å². The predicted octanol–water partition coefficient (Wildman–Crippen LogP) is 6.99. The number of methoxy groups -OCH3 is 1. The minimum Gasteiger partial charge on any atom is -0.495 e. The summed E-state index contributed by atoms with van der Waals surface area (Å²) in [5.41, 5.74) is 8.73. The molecule has 37 heavy (non-hydrogen) atoms. The highest BCUT2D eigenvalue weighted by molar-refractivity contribution is 6.32. The topological polar surface area (TPSA) is 102 Å². The fourth-order valence-electron chi connectivity index (χ4n) is 4.30. The largest absolute Gasteiger partial charge is 0.495 e. The van der Waals surface area contributed by atoms with E-state index in [9.17, 15) is 9.90 Å². The second-order valence-corrected chi connectivity index (χ2v) is 9.96. The Bertz CT molecular complexity index is 1320. The number of imidazole rings is 1. The number of ether oxygens (including phenoxy) is 1. The van der Waals surface area contributed by atoms with Crippen molar-refractivity contribution in [2.45, 2.75) is 58.3 Å². The van der Waals surface area contributed by atoms with E-state index in [-0.39, 0.29) is 12.3 Å². The molecule has 0 aliphatic heterocycles. The molecule has 0 spiro atoms. The van der Waals surface area contributed by atoms with Crippen LogP contribution in [0.1, 0.15) is 56.7 Å². The van der Waals surface area contributed by atoms with E-state index in [4.69, 9.17) is 21.7 Å². The Morgan fingerprint density at radius 1 is 1.32 bits per heavy atom. The van der Waals surface area contributed by atoms with Crippen molar-refractivity contribution in [3.05, 3.63) is 97.8 Å². The number of allylic oxidation sites excluding steroid dienone is 6. The molecule has 1 fully saturated rings. The average molecular weight is 522 g/mol. The lowest BCUT2D eigenvalue weighted by Crippen LogP contribution is -2.03. The van der Waals surface area contributed by atoms with E-state index < -0.39 is 5.69 Å². The number of aromatic nitrogens is 2. The zero-order chi connectivity index (χ0) is 26.9. The number of halogens is 1. The van der Waals surface area contributed by atoms with E-state index in [2.05, 4.69) is 34.9 Å². The number of hydrogen-bond donors (Lipinski definition) is 4. The second kappa shape index (κ2) is 13.2. The molecule has 4 N–H and O–H groups in total. The summed E-state index contributed by atoms with van der Waals surface area (Å²) in [5, 5.41) is 18.5. The molecule has 0 amide bonds. The maximum absolute atomic E-state index is 11.5. The van der Waals surface area contributed by atoms with Crippen LogP contribution in [0.15, 0.2) is 75.8 Å². The molecule has 2 aromatic rings. The van der Waals surface area contributed by atoms with Gasteiger partial charge in [0, 0.05) is 12.6 Å². The van der Waals surface area contributed by atoms with Gasteiger partial charge in [0.15, 0.2) is 0 Å². The van der Waals surface area contributed by atoms with Crippen LogP contribution in [0.5, 0.6) is 11.6 Å². The van der Waals surface area contributed by atoms with Crippen LogP contribution in [0.25, 0.3) is 0 Å². The molecular formula is C30H36ClN3O3. The van der Waals surface area contributed by atoms with Crippen LogP contribution in [0, 0.1) is 11.3 Å². The SMILES string of the molecule is C=C=C(C=C(CCC1CC1)CC(=C)/C(C)=C(\C=N)Cc1[nH]c(=O)[nH]c1O)CCc1cccc(OC)c1Cl. The van der Waals surface area contributed by atoms with Crippen LogP contribution in [0.3, 0.4) is 0 Å². The first-order valence-corrected chi connectivity index (χ1v) is 12.9. The zero-order valence-corrected chi connectivity index (χ0v) is 22.4. The minimum atomic E-state index is -0.474. The minimum absolute atomic E-state index is 0.204. The summed E-state index contributed by atoms with van der Waals surface area (Å²) in [6.07, 6.45) is 10.5. The van der Waals surface area contributed by atoms with Gasteiger partial charge in [0.25, 0.3) is 0 Å². The smallest absolute Gasteiger partial charge is 0.325 e. The average Bonchev–Trinajstić information content (AvgIpc) is 3.66. The fourth-order valence-corrected chi connectivity index (χ4v) is 4.59. The van der Waals surface area contributed by atoms with Crippen LogP contribution < -0.4 is 10.4 Å². The van der Waals surface area contributed by atoms with Gasteiger partial charge in [-0.25, -0.2) is 4.79 Å². The first-order chi connectivity index (χ1) is 17.7. The van der Waals surface area contributed by atoms with Crippen molar-refractivity contribution >= 4 is 17.8 Å². The molecule has 7 heteroatoms. The van der Waals surface area contributed by atoms with Crippen molar-refractivity contribution in [2.24, 2.45) is 5.92 Å². The van der Waals surface area contributed by atoms with E-state index in [1.165, 1.54) is 24.6 Å². The van der Waals surface area contributed by atoms with Crippen LogP contribution in [0.4, 0.5) is 0 Å². The quantitative estimate of drug-likeness (QED) is 0.122. The van der Waals surface area contributed by atoms with Gasteiger partial charge in [-0.1, -0.05) is 61.4 Å². The third-order valence-electron chi connectivity index (χ3n) is 6.88. The Morgan fingerprint density at radius 3 is 2.68 bits per heavy atom. The highest BCUT2D eigenvalue weighted by atomic mass is 35.5. The Morgan fingerprint density at radius 2 is 2.08 bits per heavy atom. The number of nitrogens with one attached hydrogen (secondary N) is 3. The maximum Gasteiger partial charge on any atom is 0.325 e. The van der Waals surface area contributed by atoms with Crippen molar-refractivity contribution in [3.8, 4) is 11.6 Å². The zero-order valence-electron chi connectivity index (χ0n) is 21.7. The summed E-state index contributed by atoms with van der Waals surface area (Å²) >= 11 is 6.49. The molecule has 196 valence electrons. The fraction of sp³-hybridized carbons (Fsp3) is 0.367. The summed E-state index contributed by atoms with van der Waals surface area (Å²) < 4.78 is 5.34. The van der Waals surface area contributed by atoms with Gasteiger partial charge < -0.3 is 20.2 Å². The van der Waals surface area contributed by atoms with E-state index in [1.54, 1.807) is 7.11 Å². The number of aromatic amines is 2. The van der Waals surface area contributed by atoms with E-state index >= 15 is 0 Å². The Labute approximate surface area is 223 Å². The van der Waals surface area contributed by atoms with Crippen molar-refractivity contribution in [2.75, 3.05) is 7.11 Å². The Hall–Kier alpha value is -3.47. The van der Waals surface area contributed by atoms with E-state index in [1.807, 2.05) is 25.1 Å². The molecular weight excluding hydrogens is 486 g/mol. The molecule has 1 aromatic carbocycles. The molecule has 3 rings (SSSR count). The van der Waals surface area contributed by atoms with Crippen molar-refractivity contribution in [1.29, 1.82) is 5.41 Å². The molecule has 1 aliphatic carbocycles. The number of aryl methyl sites for hydroxylation is 1. The van der Waals surface area contributed by atoms with Gasteiger partial charge in [-0.3, -0.25) is 4.98 Å². The van der Waals surface area contributed by atoms with Crippen LogP contribution in [-0.4, -0.2) is 28.4 Å². The van der Waals surface area contributed by atoms with E-state index in [0.717, 1.165) is 53.9 Å². The van der Waals surface area contributed by atoms with Gasteiger partial charge in [-0.05, 0) is 78.9 Å². The number of hydrogen-bond acceptors (Lipinski definition) is 4. The monoisotopic (exact) mass is 521 g/mol. The summed E-state index contributed by atoms with van der Waals surface area (Å²) in [4.78, 5) is 16.4. The summed E-state index contributed by atoms with van der Waals surface area (Å²) in [7, 11) is 1.61. The van der Waals surface area contributed by atoms with Gasteiger partial charge >= 0.3 is 5.69 Å². The summed E-state index contributed by atoms with van der Waals surface area (Å²) in [6.45, 7) is 10.2. The standard InChI is InChI=1S/C30H36ClN3O3/c1-5-21(13-14-24-7-6-8-27(37-4)28(24)31)16-23(12-11-22-9-10-22)15-19(2)20(3)25(18-32)17-26-29(35)34-30(36)33-26/h6-8,16,18,22,32,35H,1-2,9-15,17H2,3-4H3,(H2,33,34,36)/b23-16?,25-20-,32-18?. The van der Waals surface area contributed by atoms with Crippen LogP contribution in [-0.2, 0) is 12.8 Å². The molecule has 0 bridgehead atoms. The molecule has 1 saturated carbocycles. The number of benzene rings is 1. The third-order valence-corrected chi connectivity index (χ3v) is 7.31. The molecule has 0 unspecified atom stereocenters. The highest BCUT2D eigenvalue weighted by Gasteiger charge is 2.21. The van der Waals surface area contributed by atoms with Gasteiger partial charge in [0.1, 0.15) is 5.75 Å². The molecule has 1 heterocycles. The Kier molecular flexibility index (Phi) is 10.0. The van der Waals surface area contributed by atoms with Gasteiger partial charge in [-0.2, -0.15) is 0 Å². The lowest BCUT2D eigenvalue weighted by molar-refractivity contribution is 0.414. The van der Waals surface area contributed by atoms with Crippen molar-refractivity contribution in [1.82, 2.24) is 9.97 Å². The first kappa shape index (κ1) is 28.1. The summed E-state index contributed by atoms with van der Waals surface area (Å²) in [5.74, 6) is 1.26. The second-order valence-electron chi connectivity index (χ2n) is 9.58. The van der Waals surface area contributed by atoms with Crippen LogP contribution in [0.2, 0.25) is 5.02 Å². The predicted molar refractivity (Wildman–Crippen MR) is 151 cm³/mol. The molecule has 6 nitrogen and oxygen atoms in total. The normalized spacial score (nSPS) is 14.1. The lowest BCUT2D eigenvalue weighted by atomic mass is 9.91. The van der Waals surface area contributed by atoms with Gasteiger partial charge in [-0.15, -0.1) is 5.73 Å². The molecule has 1 aliphatic rings. The molecule has 0 radical (unpaired) electrons. The number of rotatable bonds is 14. The number of H-pyrrole nitrogens is 2. The maximum atomic E-state index is 11.5. The lowest BCUT2D eigenvalue weighted by Gasteiger charge is -2.15. The highest BCUT2D eigenvalue weighted by Crippen LogP contribution is 2.36. The van der Waals surface area contributed by atoms with Crippen molar-refractivity contribution < 1.29 is 9.84 Å². The summed E-state index contributed by atoms with van der Waals surface area (Å²) in [6, 6.07) is 5.80. The molecule has 1 aromatic heterocycles. The van der Waals surface area contributed by atoms with E-state index in [0.29, 0.717) is 28.5 Å². The third kappa shape index (κ3) is 8.01. The number of aromatic hydroxyl groups is 1. The van der Waals surface area contributed by atoms with Crippen molar-refractivity contribution in [3.63, 3.8) is 0 Å². The molecule has 0 atom stereocenters. The first-order valence-electron chi connectivity index (χ1n) is 12.5. The van der Waals surface area contributed by atoms with Crippen LogP contribution >= 0.6 is 11.6 Å².